The van der Waals surface area contributed by atoms with Crippen LogP contribution in [0.3, 0.4) is 0 Å². The molecule has 0 bridgehead atoms. The molecule has 0 saturated carbocycles. The van der Waals surface area contributed by atoms with Gasteiger partial charge in [0.1, 0.15) is 0 Å². The van der Waals surface area contributed by atoms with Gasteiger partial charge in [-0.3, -0.25) is 0 Å². The number of hydrogen-bond acceptors (Lipinski definition) is 3. The molecule has 0 aliphatic carbocycles. The number of fused-ring (bicyclic) bond motifs is 3. The summed E-state index contributed by atoms with van der Waals surface area (Å²) in [5.41, 5.74) is 1.85. The average Bonchev–Trinajstić information content (AvgIpc) is 3.56. The number of hydrogen-bond donors (Lipinski definition) is 0. The highest BCUT2D eigenvalue weighted by Gasteiger charge is 2.19. The van der Waals surface area contributed by atoms with E-state index in [1.54, 1.807) is 24.3 Å². The normalized spacial score (nSPS) is 15.2. The molecule has 4 heteroatoms. The Hall–Kier alpha value is -5.87. The van der Waals surface area contributed by atoms with Crippen molar-refractivity contribution in [3.8, 4) is 51.0 Å². The van der Waals surface area contributed by atoms with E-state index in [-0.39, 0.29) is 44.8 Å². The maximum atomic E-state index is 9.29. The Labute approximate surface area is 266 Å². The summed E-state index contributed by atoms with van der Waals surface area (Å²) in [6.07, 6.45) is 0. The summed E-state index contributed by atoms with van der Waals surface area (Å²) in [5.74, 6) is 0.176. The second kappa shape index (κ2) is 10.5. The smallest absolute Gasteiger partial charge is 0.166 e. The molecule has 8 aromatic rings. The molecule has 0 N–H and O–H groups in total. The zero-order valence-corrected chi connectivity index (χ0v) is 22.4. The van der Waals surface area contributed by atoms with E-state index in [1.165, 1.54) is 0 Å². The summed E-state index contributed by atoms with van der Waals surface area (Å²) in [6, 6.07) is 18.4. The largest absolute Gasteiger partial charge is 0.309 e. The molecule has 2 heterocycles. The molecular formula is C39H26N4. The van der Waals surface area contributed by atoms with Gasteiger partial charge in [-0.05, 0) is 35.3 Å². The molecule has 0 amide bonds. The van der Waals surface area contributed by atoms with E-state index in [4.69, 9.17) is 30.0 Å². The summed E-state index contributed by atoms with van der Waals surface area (Å²) in [4.78, 5) is 14.3. The fourth-order valence-electron chi connectivity index (χ4n) is 5.09. The quantitative estimate of drug-likeness (QED) is 0.210. The lowest BCUT2D eigenvalue weighted by Gasteiger charge is -2.13. The van der Waals surface area contributed by atoms with Crippen LogP contribution in [0.25, 0.3) is 72.8 Å². The van der Waals surface area contributed by atoms with Crippen LogP contribution in [0.4, 0.5) is 0 Å². The predicted molar refractivity (Wildman–Crippen MR) is 176 cm³/mol. The molecule has 0 fully saturated rings. The molecule has 4 nitrogen and oxygen atoms in total. The monoisotopic (exact) mass is 562 g/mol. The van der Waals surface area contributed by atoms with Crippen molar-refractivity contribution in [2.24, 2.45) is 0 Å². The summed E-state index contributed by atoms with van der Waals surface area (Å²) >= 11 is 0. The second-order valence-electron chi connectivity index (χ2n) is 9.62. The molecule has 43 heavy (non-hydrogen) atoms. The van der Waals surface area contributed by atoms with Crippen LogP contribution in [-0.2, 0) is 0 Å². The third-order valence-corrected chi connectivity index (χ3v) is 7.07. The molecule has 0 aliphatic heterocycles. The molecule has 0 unspecified atom stereocenters. The first-order valence-corrected chi connectivity index (χ1v) is 13.4. The minimum Gasteiger partial charge on any atom is -0.309 e. The molecule has 0 atom stereocenters. The summed E-state index contributed by atoms with van der Waals surface area (Å²) in [5, 5.41) is -0.443. The minimum atomic E-state index is -0.713. The zero-order valence-electron chi connectivity index (χ0n) is 34.4. The van der Waals surface area contributed by atoms with Gasteiger partial charge in [-0.25, -0.2) is 15.0 Å². The average molecular weight is 563 g/mol. The highest BCUT2D eigenvalue weighted by molar-refractivity contribution is 6.13. The third-order valence-electron chi connectivity index (χ3n) is 7.07. The molecule has 0 radical (unpaired) electrons. The Bertz CT molecular complexity index is 2850. The zero-order chi connectivity index (χ0) is 39.0. The molecule has 202 valence electrons. The highest BCUT2D eigenvalue weighted by Crippen LogP contribution is 2.38. The van der Waals surface area contributed by atoms with Crippen LogP contribution in [0.2, 0.25) is 0 Å². The van der Waals surface area contributed by atoms with Crippen molar-refractivity contribution in [1.29, 1.82) is 0 Å². The van der Waals surface area contributed by atoms with Gasteiger partial charge in [-0.1, -0.05) is 133 Å². The number of rotatable bonds is 5. The van der Waals surface area contributed by atoms with Crippen molar-refractivity contribution in [2.75, 3.05) is 0 Å². The Morgan fingerprint density at radius 3 is 1.70 bits per heavy atom. The first kappa shape index (κ1) is 15.4. The van der Waals surface area contributed by atoms with Crippen LogP contribution >= 0.6 is 0 Å². The van der Waals surface area contributed by atoms with Crippen LogP contribution in [0.5, 0.6) is 0 Å². The van der Waals surface area contributed by atoms with E-state index in [1.807, 2.05) is 60.7 Å². The van der Waals surface area contributed by atoms with Crippen molar-refractivity contribution in [1.82, 2.24) is 19.5 Å². The van der Waals surface area contributed by atoms with Crippen molar-refractivity contribution in [3.63, 3.8) is 0 Å². The van der Waals surface area contributed by atoms with Gasteiger partial charge in [0.05, 0.1) is 27.5 Å². The fourth-order valence-corrected chi connectivity index (χ4v) is 5.09. The van der Waals surface area contributed by atoms with Gasteiger partial charge in [0.25, 0.3) is 0 Å². The lowest BCUT2D eigenvalue weighted by molar-refractivity contribution is 1.07. The Balaban J connectivity index is 1.55. The maximum Gasteiger partial charge on any atom is 0.166 e. The van der Waals surface area contributed by atoms with E-state index in [9.17, 15) is 1.37 Å². The van der Waals surface area contributed by atoms with Crippen molar-refractivity contribution >= 4 is 21.8 Å². The first-order chi connectivity index (χ1) is 26.3. The lowest BCUT2D eigenvalue weighted by atomic mass is 10.0. The molecule has 8 rings (SSSR count). The van der Waals surface area contributed by atoms with Crippen molar-refractivity contribution in [3.05, 3.63) is 157 Å². The minimum absolute atomic E-state index is 0.173. The maximum absolute atomic E-state index is 9.29. The number of para-hydroxylation sites is 3. The summed E-state index contributed by atoms with van der Waals surface area (Å²) in [6.45, 7) is 0. The topological polar surface area (TPSA) is 43.6 Å². The molecule has 0 saturated heterocycles. The predicted octanol–water partition coefficient (Wildman–Crippen LogP) is 9.64. The van der Waals surface area contributed by atoms with Crippen LogP contribution in [-0.4, -0.2) is 19.5 Å². The Morgan fingerprint density at radius 1 is 0.442 bits per heavy atom. The Morgan fingerprint density at radius 2 is 0.977 bits per heavy atom. The summed E-state index contributed by atoms with van der Waals surface area (Å²) < 4.78 is 106. The van der Waals surface area contributed by atoms with Crippen molar-refractivity contribution in [2.45, 2.75) is 0 Å². The van der Waals surface area contributed by atoms with E-state index in [2.05, 4.69) is 0 Å². The van der Waals surface area contributed by atoms with E-state index < -0.39 is 78.2 Å². The van der Waals surface area contributed by atoms with Gasteiger partial charge in [-0.2, -0.15) is 0 Å². The third kappa shape index (κ3) is 4.46. The standard InChI is InChI=1S/C39H26N4/c1-4-13-27(14-5-1)28-23-25-30(26-24-28)38-40-37(29-15-6-2-7-16-29)41-39(42-38)34-21-12-20-33-32-19-10-11-22-35(32)43(36(33)34)31-17-8-3-9-18-31/h1-26H/i3D,8D,9D,10D,11D,12D,17D,18D,19D,20D,21D,22D. The first-order valence-electron chi connectivity index (χ1n) is 19.4. The van der Waals surface area contributed by atoms with Crippen molar-refractivity contribution < 1.29 is 16.4 Å². The van der Waals surface area contributed by atoms with Gasteiger partial charge < -0.3 is 4.57 Å². The van der Waals surface area contributed by atoms with Crippen LogP contribution in [0.1, 0.15) is 16.4 Å². The van der Waals surface area contributed by atoms with Crippen LogP contribution < -0.4 is 0 Å². The number of aromatic nitrogens is 4. The van der Waals surface area contributed by atoms with Gasteiger partial charge in [0.2, 0.25) is 0 Å². The van der Waals surface area contributed by atoms with Gasteiger partial charge >= 0.3 is 0 Å². The fraction of sp³-hybridized carbons (Fsp3) is 0. The van der Waals surface area contributed by atoms with Gasteiger partial charge in [-0.15, -0.1) is 0 Å². The second-order valence-corrected chi connectivity index (χ2v) is 9.62. The molecule has 2 aromatic heterocycles. The van der Waals surface area contributed by atoms with Crippen LogP contribution in [0.15, 0.2) is 157 Å². The molecular weight excluding hydrogens is 524 g/mol. The molecule has 0 aliphatic rings. The van der Waals surface area contributed by atoms with Crippen LogP contribution in [0, 0.1) is 0 Å². The van der Waals surface area contributed by atoms with Gasteiger partial charge in [0.15, 0.2) is 17.5 Å². The SMILES string of the molecule is [2H]c1c([2H])c([2H])c(-n2c3c([2H])c([2H])c([2H])c([2H])c3c3c([2H])c([2H])c([2H])c(-c4nc(-c5ccccc5)nc(-c5ccc(-c6ccccc6)cc5)n4)c32)c([2H])c1[2H]. The van der Waals surface area contributed by atoms with E-state index in [0.717, 1.165) is 15.7 Å². The Kier molecular flexibility index (Phi) is 3.76. The highest BCUT2D eigenvalue weighted by atomic mass is 15.0. The molecule has 0 spiro atoms. The van der Waals surface area contributed by atoms with E-state index >= 15 is 0 Å². The summed E-state index contributed by atoms with van der Waals surface area (Å²) in [7, 11) is 0. The van der Waals surface area contributed by atoms with E-state index in [0.29, 0.717) is 11.1 Å². The van der Waals surface area contributed by atoms with Gasteiger partial charge in [0, 0.05) is 33.2 Å². The number of nitrogens with zero attached hydrogens (tertiary/aromatic N) is 4. The number of benzene rings is 6. The lowest BCUT2D eigenvalue weighted by Crippen LogP contribution is -2.02. The molecule has 6 aromatic carbocycles.